The summed E-state index contributed by atoms with van der Waals surface area (Å²) in [5.74, 6) is 0.746. The monoisotopic (exact) mass is 269 g/mol. The Bertz CT molecular complexity index is 644. The van der Waals surface area contributed by atoms with Gasteiger partial charge in [-0.1, -0.05) is 25.5 Å². The molecule has 0 bridgehead atoms. The summed E-state index contributed by atoms with van der Waals surface area (Å²) >= 11 is 0. The average molecular weight is 269 g/mol. The molecule has 2 rings (SSSR count). The minimum atomic E-state index is 0.410. The minimum absolute atomic E-state index is 0.410. The van der Waals surface area contributed by atoms with Crippen molar-refractivity contribution < 1.29 is 4.74 Å². The molecular formula is C16H19N3O. The summed E-state index contributed by atoms with van der Waals surface area (Å²) in [5.41, 5.74) is 2.14. The lowest BCUT2D eigenvalue weighted by atomic mass is 10.1. The van der Waals surface area contributed by atoms with Crippen molar-refractivity contribution in [2.45, 2.75) is 19.8 Å². The number of ether oxygens (including phenoxy) is 1. The summed E-state index contributed by atoms with van der Waals surface area (Å²) in [7, 11) is 3.92. The van der Waals surface area contributed by atoms with Crippen molar-refractivity contribution in [3.8, 4) is 11.8 Å². The van der Waals surface area contributed by atoms with E-state index in [1.54, 1.807) is 6.07 Å². The van der Waals surface area contributed by atoms with E-state index in [-0.39, 0.29) is 0 Å². The van der Waals surface area contributed by atoms with Crippen molar-refractivity contribution in [2.75, 3.05) is 25.6 Å². The van der Waals surface area contributed by atoms with Crippen LogP contribution in [-0.2, 0) is 0 Å². The molecule has 0 aliphatic rings. The highest BCUT2D eigenvalue weighted by Gasteiger charge is 2.11. The average Bonchev–Trinajstić information content (AvgIpc) is 2.46. The van der Waals surface area contributed by atoms with Gasteiger partial charge in [0.2, 0.25) is 0 Å². The summed E-state index contributed by atoms with van der Waals surface area (Å²) < 4.78 is 5.80. The normalized spacial score (nSPS) is 10.3. The second kappa shape index (κ2) is 6.25. The molecule has 20 heavy (non-hydrogen) atoms. The maximum atomic E-state index is 9.14. The van der Waals surface area contributed by atoms with Gasteiger partial charge < -0.3 is 9.64 Å². The Labute approximate surface area is 119 Å². The van der Waals surface area contributed by atoms with Gasteiger partial charge in [0.05, 0.1) is 6.61 Å². The zero-order valence-corrected chi connectivity index (χ0v) is 12.2. The smallest absolute Gasteiger partial charge is 0.145 e. The fourth-order valence-electron chi connectivity index (χ4n) is 2.07. The number of unbranched alkanes of at least 4 members (excludes halogenated alkanes) is 1. The third-order valence-corrected chi connectivity index (χ3v) is 3.13. The van der Waals surface area contributed by atoms with Crippen LogP contribution in [0.25, 0.3) is 10.9 Å². The highest BCUT2D eigenvalue weighted by Crippen LogP contribution is 2.31. The van der Waals surface area contributed by atoms with Gasteiger partial charge in [0.25, 0.3) is 0 Å². The van der Waals surface area contributed by atoms with Crippen molar-refractivity contribution >= 4 is 16.6 Å². The number of nitriles is 1. The van der Waals surface area contributed by atoms with Crippen molar-refractivity contribution in [1.29, 1.82) is 5.26 Å². The summed E-state index contributed by atoms with van der Waals surface area (Å²) in [6, 6.07) is 9.80. The van der Waals surface area contributed by atoms with Crippen LogP contribution in [0.15, 0.2) is 24.3 Å². The molecule has 1 aromatic carbocycles. The molecule has 4 heteroatoms. The number of hydrogen-bond acceptors (Lipinski definition) is 4. The van der Waals surface area contributed by atoms with Crippen LogP contribution in [-0.4, -0.2) is 25.7 Å². The summed E-state index contributed by atoms with van der Waals surface area (Å²) in [6.45, 7) is 2.80. The Morgan fingerprint density at radius 3 is 2.80 bits per heavy atom. The van der Waals surface area contributed by atoms with E-state index in [1.165, 1.54) is 0 Å². The molecule has 2 aromatic rings. The molecular weight excluding hydrogens is 250 g/mol. The number of anilines is 1. The molecule has 0 N–H and O–H groups in total. The summed E-state index contributed by atoms with van der Waals surface area (Å²) in [4.78, 5) is 6.39. The number of rotatable bonds is 5. The zero-order valence-electron chi connectivity index (χ0n) is 12.2. The molecule has 0 amide bonds. The minimum Gasteiger partial charge on any atom is -0.491 e. The van der Waals surface area contributed by atoms with Crippen molar-refractivity contribution in [3.05, 3.63) is 30.0 Å². The number of hydrogen-bond donors (Lipinski definition) is 0. The van der Waals surface area contributed by atoms with Crippen LogP contribution in [0.4, 0.5) is 5.69 Å². The first-order valence-electron chi connectivity index (χ1n) is 6.81. The van der Waals surface area contributed by atoms with Gasteiger partial charge in [0, 0.05) is 25.2 Å². The Hall–Kier alpha value is -2.28. The van der Waals surface area contributed by atoms with Crippen LogP contribution < -0.4 is 9.64 Å². The van der Waals surface area contributed by atoms with E-state index in [0.29, 0.717) is 12.3 Å². The number of benzene rings is 1. The largest absolute Gasteiger partial charge is 0.491 e. The van der Waals surface area contributed by atoms with Gasteiger partial charge in [-0.25, -0.2) is 4.98 Å². The van der Waals surface area contributed by atoms with Gasteiger partial charge in [0.1, 0.15) is 23.0 Å². The summed E-state index contributed by atoms with van der Waals surface area (Å²) in [5, 5.41) is 10.1. The standard InChI is InChI=1S/C16H19N3O/c1-4-5-9-20-15-8-6-7-13-14(19(2)3)10-12(11-17)18-16(13)15/h6-8,10H,4-5,9H2,1-3H3. The van der Waals surface area contributed by atoms with Gasteiger partial charge in [-0.05, 0) is 18.6 Å². The maximum Gasteiger partial charge on any atom is 0.145 e. The molecule has 0 atom stereocenters. The highest BCUT2D eigenvalue weighted by atomic mass is 16.5. The molecule has 1 aromatic heterocycles. The van der Waals surface area contributed by atoms with Crippen LogP contribution in [0.1, 0.15) is 25.5 Å². The van der Waals surface area contributed by atoms with Gasteiger partial charge in [-0.3, -0.25) is 0 Å². The number of pyridine rings is 1. The van der Waals surface area contributed by atoms with Crippen LogP contribution in [0.5, 0.6) is 5.75 Å². The molecule has 0 aliphatic carbocycles. The molecule has 0 unspecified atom stereocenters. The molecule has 0 saturated heterocycles. The second-order valence-corrected chi connectivity index (χ2v) is 4.89. The van der Waals surface area contributed by atoms with Crippen LogP contribution in [0, 0.1) is 11.3 Å². The third-order valence-electron chi connectivity index (χ3n) is 3.13. The zero-order chi connectivity index (χ0) is 14.5. The third kappa shape index (κ3) is 2.83. The quantitative estimate of drug-likeness (QED) is 0.781. The van der Waals surface area contributed by atoms with E-state index in [9.17, 15) is 0 Å². The lowest BCUT2D eigenvalue weighted by molar-refractivity contribution is 0.312. The molecule has 0 aliphatic heterocycles. The lowest BCUT2D eigenvalue weighted by Gasteiger charge is -2.17. The van der Waals surface area contributed by atoms with E-state index in [4.69, 9.17) is 10.00 Å². The van der Waals surface area contributed by atoms with Gasteiger partial charge in [-0.15, -0.1) is 0 Å². The number of para-hydroxylation sites is 1. The van der Waals surface area contributed by atoms with Gasteiger partial charge in [-0.2, -0.15) is 5.26 Å². The molecule has 4 nitrogen and oxygen atoms in total. The number of aromatic nitrogens is 1. The topological polar surface area (TPSA) is 49.1 Å². The Balaban J connectivity index is 2.55. The molecule has 0 radical (unpaired) electrons. The second-order valence-electron chi connectivity index (χ2n) is 4.89. The highest BCUT2D eigenvalue weighted by molar-refractivity contribution is 5.95. The fraction of sp³-hybridized carbons (Fsp3) is 0.375. The molecule has 0 fully saturated rings. The Morgan fingerprint density at radius 1 is 1.35 bits per heavy atom. The van der Waals surface area contributed by atoms with Crippen molar-refractivity contribution in [2.24, 2.45) is 0 Å². The van der Waals surface area contributed by atoms with E-state index >= 15 is 0 Å². The Kier molecular flexibility index (Phi) is 4.41. The number of fused-ring (bicyclic) bond motifs is 1. The molecule has 0 spiro atoms. The van der Waals surface area contributed by atoms with Crippen LogP contribution in [0.2, 0.25) is 0 Å². The molecule has 0 saturated carbocycles. The Morgan fingerprint density at radius 2 is 2.15 bits per heavy atom. The SMILES string of the molecule is CCCCOc1cccc2c(N(C)C)cc(C#N)nc12. The van der Waals surface area contributed by atoms with E-state index in [1.807, 2.05) is 37.2 Å². The van der Waals surface area contributed by atoms with Gasteiger partial charge in [0.15, 0.2) is 0 Å². The summed E-state index contributed by atoms with van der Waals surface area (Å²) in [6.07, 6.45) is 2.10. The predicted octanol–water partition coefficient (Wildman–Crippen LogP) is 3.35. The fourth-order valence-corrected chi connectivity index (χ4v) is 2.07. The lowest BCUT2D eigenvalue weighted by Crippen LogP contribution is -2.10. The molecule has 104 valence electrons. The van der Waals surface area contributed by atoms with Gasteiger partial charge >= 0.3 is 0 Å². The van der Waals surface area contributed by atoms with Crippen LogP contribution in [0.3, 0.4) is 0 Å². The van der Waals surface area contributed by atoms with Crippen molar-refractivity contribution in [3.63, 3.8) is 0 Å². The molecule has 1 heterocycles. The van der Waals surface area contributed by atoms with E-state index < -0.39 is 0 Å². The first kappa shape index (κ1) is 14.1. The predicted molar refractivity (Wildman–Crippen MR) is 81.2 cm³/mol. The van der Waals surface area contributed by atoms with E-state index in [2.05, 4.69) is 18.0 Å². The van der Waals surface area contributed by atoms with Crippen LogP contribution >= 0.6 is 0 Å². The number of nitrogens with zero attached hydrogens (tertiary/aromatic N) is 3. The maximum absolute atomic E-state index is 9.14. The first-order valence-corrected chi connectivity index (χ1v) is 6.81. The van der Waals surface area contributed by atoms with Crippen molar-refractivity contribution in [1.82, 2.24) is 4.98 Å². The first-order chi connectivity index (χ1) is 9.67. The van der Waals surface area contributed by atoms with E-state index in [0.717, 1.165) is 35.2 Å².